The summed E-state index contributed by atoms with van der Waals surface area (Å²) in [6.07, 6.45) is 1.22. The molecule has 0 spiro atoms. The fourth-order valence-electron chi connectivity index (χ4n) is 1.47. The van der Waals surface area contributed by atoms with Crippen LogP contribution >= 0.6 is 0 Å². The van der Waals surface area contributed by atoms with E-state index in [1.54, 1.807) is 0 Å². The van der Waals surface area contributed by atoms with Crippen LogP contribution in [0.4, 0.5) is 0 Å². The minimum atomic E-state index is -3.17. The lowest BCUT2D eigenvalue weighted by Gasteiger charge is -2.19. The van der Waals surface area contributed by atoms with Gasteiger partial charge >= 0.3 is 0 Å². The van der Waals surface area contributed by atoms with Crippen LogP contribution in [0.2, 0.25) is 0 Å². The molecule has 0 aromatic carbocycles. The molecular weight excluding hydrogens is 228 g/mol. The molecule has 0 aliphatic carbocycles. The summed E-state index contributed by atoms with van der Waals surface area (Å²) in [5.41, 5.74) is -1.33. The maximum absolute atomic E-state index is 11.1. The van der Waals surface area contributed by atoms with E-state index in [2.05, 4.69) is 0 Å². The summed E-state index contributed by atoms with van der Waals surface area (Å²) in [6, 6.07) is 0. The fourth-order valence-corrected chi connectivity index (χ4v) is 4.17. The Morgan fingerprint density at radius 2 is 2.00 bits per heavy atom. The third kappa shape index (κ3) is 3.55. The van der Waals surface area contributed by atoms with E-state index in [-0.39, 0.29) is 30.1 Å². The highest BCUT2D eigenvalue weighted by Crippen LogP contribution is 2.26. The van der Waals surface area contributed by atoms with Crippen molar-refractivity contribution >= 4 is 19.7 Å². The maximum Gasteiger partial charge on any atom is 0.153 e. The molecule has 84 valence electrons. The monoisotopic (exact) mass is 242 g/mol. The topological polar surface area (TPSA) is 88.5 Å². The molecular formula is C7H14O5S2. The van der Waals surface area contributed by atoms with Crippen molar-refractivity contribution in [3.05, 3.63) is 0 Å². The van der Waals surface area contributed by atoms with Gasteiger partial charge in [-0.1, -0.05) is 0 Å². The molecule has 1 heterocycles. The Balaban J connectivity index is 2.63. The van der Waals surface area contributed by atoms with Crippen molar-refractivity contribution in [1.82, 2.24) is 0 Å². The largest absolute Gasteiger partial charge is 0.389 e. The van der Waals surface area contributed by atoms with Crippen LogP contribution in [0.3, 0.4) is 0 Å². The predicted molar refractivity (Wildman–Crippen MR) is 52.5 cm³/mol. The predicted octanol–water partition coefficient (Wildman–Crippen LogP) is -1.03. The molecule has 1 N–H and O–H groups in total. The van der Waals surface area contributed by atoms with Crippen LogP contribution < -0.4 is 0 Å². The number of hydrogen-bond donors (Lipinski definition) is 1. The molecule has 1 fully saturated rings. The summed E-state index contributed by atoms with van der Waals surface area (Å²) >= 11 is 0. The fraction of sp³-hybridized carbons (Fsp3) is 1.00. The van der Waals surface area contributed by atoms with Crippen LogP contribution in [-0.2, 0) is 19.7 Å². The average molecular weight is 242 g/mol. The number of sulfone groups is 2. The van der Waals surface area contributed by atoms with Crippen LogP contribution in [0.5, 0.6) is 0 Å². The first-order valence-corrected chi connectivity index (χ1v) is 8.11. The zero-order valence-corrected chi connectivity index (χ0v) is 9.57. The Kier molecular flexibility index (Phi) is 2.95. The Morgan fingerprint density at radius 1 is 1.43 bits per heavy atom. The van der Waals surface area contributed by atoms with Crippen LogP contribution in [0.15, 0.2) is 0 Å². The first-order chi connectivity index (χ1) is 6.12. The SMILES string of the molecule is CS(=O)(=O)CCC1(O)CCS(=O)(=O)C1. The molecule has 1 rings (SSSR count). The van der Waals surface area contributed by atoms with Gasteiger partial charge in [0, 0.05) is 6.26 Å². The summed E-state index contributed by atoms with van der Waals surface area (Å²) in [4.78, 5) is 0. The molecule has 0 aromatic rings. The first kappa shape index (κ1) is 11.9. The van der Waals surface area contributed by atoms with Crippen molar-refractivity contribution in [2.45, 2.75) is 18.4 Å². The second kappa shape index (κ2) is 3.46. The van der Waals surface area contributed by atoms with Gasteiger partial charge in [0.25, 0.3) is 0 Å². The van der Waals surface area contributed by atoms with E-state index < -0.39 is 25.3 Å². The number of hydrogen-bond acceptors (Lipinski definition) is 5. The van der Waals surface area contributed by atoms with Crippen LogP contribution in [0.25, 0.3) is 0 Å². The molecule has 1 atom stereocenters. The van der Waals surface area contributed by atoms with E-state index in [0.717, 1.165) is 6.26 Å². The quantitative estimate of drug-likeness (QED) is 0.683. The van der Waals surface area contributed by atoms with Gasteiger partial charge in [0.15, 0.2) is 9.84 Å². The van der Waals surface area contributed by atoms with Gasteiger partial charge in [0.2, 0.25) is 0 Å². The smallest absolute Gasteiger partial charge is 0.153 e. The van der Waals surface area contributed by atoms with E-state index in [9.17, 15) is 21.9 Å². The van der Waals surface area contributed by atoms with Crippen molar-refractivity contribution in [1.29, 1.82) is 0 Å². The summed E-state index contributed by atoms with van der Waals surface area (Å²) in [5, 5.41) is 9.75. The molecule has 1 saturated heterocycles. The average Bonchev–Trinajstić information content (AvgIpc) is 2.22. The molecule has 1 unspecified atom stereocenters. The van der Waals surface area contributed by atoms with Crippen LogP contribution in [-0.4, -0.2) is 51.1 Å². The Labute approximate surface area is 84.0 Å². The van der Waals surface area contributed by atoms with Gasteiger partial charge in [-0.3, -0.25) is 0 Å². The molecule has 7 heteroatoms. The zero-order chi connectivity index (χ0) is 11.0. The van der Waals surface area contributed by atoms with Gasteiger partial charge in [-0.15, -0.1) is 0 Å². The van der Waals surface area contributed by atoms with Gasteiger partial charge < -0.3 is 5.11 Å². The first-order valence-electron chi connectivity index (χ1n) is 4.23. The summed E-state index contributed by atoms with van der Waals surface area (Å²) < 4.78 is 43.8. The van der Waals surface area contributed by atoms with E-state index in [0.29, 0.717) is 0 Å². The summed E-state index contributed by atoms with van der Waals surface area (Å²) in [7, 11) is -6.31. The minimum Gasteiger partial charge on any atom is -0.389 e. The lowest BCUT2D eigenvalue weighted by atomic mass is 10.0. The van der Waals surface area contributed by atoms with E-state index in [1.165, 1.54) is 0 Å². The molecule has 14 heavy (non-hydrogen) atoms. The number of rotatable bonds is 3. The van der Waals surface area contributed by atoms with Crippen molar-refractivity contribution < 1.29 is 21.9 Å². The molecule has 0 saturated carbocycles. The highest BCUT2D eigenvalue weighted by atomic mass is 32.2. The van der Waals surface area contributed by atoms with Gasteiger partial charge in [0.1, 0.15) is 9.84 Å². The Bertz CT molecular complexity index is 407. The third-order valence-electron chi connectivity index (χ3n) is 2.31. The van der Waals surface area contributed by atoms with Gasteiger partial charge in [-0.05, 0) is 12.8 Å². The lowest BCUT2D eigenvalue weighted by Crippen LogP contribution is -2.32. The van der Waals surface area contributed by atoms with Crippen LogP contribution in [0, 0.1) is 0 Å². The highest BCUT2D eigenvalue weighted by Gasteiger charge is 2.40. The van der Waals surface area contributed by atoms with Crippen molar-refractivity contribution in [3.8, 4) is 0 Å². The zero-order valence-electron chi connectivity index (χ0n) is 7.93. The van der Waals surface area contributed by atoms with Crippen molar-refractivity contribution in [2.24, 2.45) is 0 Å². The normalized spacial score (nSPS) is 31.9. The van der Waals surface area contributed by atoms with Crippen molar-refractivity contribution in [3.63, 3.8) is 0 Å². The second-order valence-corrected chi connectivity index (χ2v) is 8.39. The molecule has 1 aliphatic heterocycles. The van der Waals surface area contributed by atoms with Crippen LogP contribution in [0.1, 0.15) is 12.8 Å². The van der Waals surface area contributed by atoms with E-state index >= 15 is 0 Å². The molecule has 0 aromatic heterocycles. The summed E-state index contributed by atoms with van der Waals surface area (Å²) in [5.74, 6) is -0.526. The minimum absolute atomic E-state index is 0.00502. The Hall–Kier alpha value is -0.140. The number of aliphatic hydroxyl groups is 1. The van der Waals surface area contributed by atoms with Gasteiger partial charge in [0.05, 0.1) is 22.9 Å². The lowest BCUT2D eigenvalue weighted by molar-refractivity contribution is 0.0645. The molecule has 0 bridgehead atoms. The van der Waals surface area contributed by atoms with E-state index in [4.69, 9.17) is 0 Å². The Morgan fingerprint density at radius 3 is 2.36 bits per heavy atom. The van der Waals surface area contributed by atoms with Gasteiger partial charge in [-0.2, -0.15) is 0 Å². The summed E-state index contributed by atoms with van der Waals surface area (Å²) in [6.45, 7) is 0. The third-order valence-corrected chi connectivity index (χ3v) is 5.05. The molecule has 5 nitrogen and oxygen atoms in total. The van der Waals surface area contributed by atoms with Gasteiger partial charge in [-0.25, -0.2) is 16.8 Å². The standard InChI is InChI=1S/C7H14O5S2/c1-13(9,10)4-2-7(8)3-5-14(11,12)6-7/h8H,2-6H2,1H3. The van der Waals surface area contributed by atoms with E-state index in [1.807, 2.05) is 0 Å². The highest BCUT2D eigenvalue weighted by molar-refractivity contribution is 7.91. The molecule has 0 amide bonds. The second-order valence-electron chi connectivity index (χ2n) is 3.95. The van der Waals surface area contributed by atoms with Crippen molar-refractivity contribution in [2.75, 3.05) is 23.5 Å². The molecule has 0 radical (unpaired) electrons. The maximum atomic E-state index is 11.1. The molecule has 1 aliphatic rings.